The predicted octanol–water partition coefficient (Wildman–Crippen LogP) is 14.1. The highest BCUT2D eigenvalue weighted by Crippen LogP contribution is 2.50. The van der Waals surface area contributed by atoms with Gasteiger partial charge in [0.1, 0.15) is 0 Å². The summed E-state index contributed by atoms with van der Waals surface area (Å²) in [6.07, 6.45) is 0. The van der Waals surface area contributed by atoms with Gasteiger partial charge in [-0.2, -0.15) is 0 Å². The van der Waals surface area contributed by atoms with Gasteiger partial charge in [-0.05, 0) is 117 Å². The molecule has 0 fully saturated rings. The fourth-order valence-corrected chi connectivity index (χ4v) is 8.76. The van der Waals surface area contributed by atoms with Crippen molar-refractivity contribution in [3.8, 4) is 55.6 Å². The lowest BCUT2D eigenvalue weighted by molar-refractivity contribution is 0.660. The zero-order valence-corrected chi connectivity index (χ0v) is 28.8. The first-order valence-electron chi connectivity index (χ1n) is 17.9. The van der Waals surface area contributed by atoms with Crippen molar-refractivity contribution >= 4 is 32.3 Å². The van der Waals surface area contributed by atoms with Gasteiger partial charge in [-0.1, -0.05) is 178 Å². The topological polar surface area (TPSA) is 0 Å². The molecule has 0 unspecified atom stereocenters. The van der Waals surface area contributed by atoms with Crippen LogP contribution in [0.1, 0.15) is 25.0 Å². The van der Waals surface area contributed by atoms with Gasteiger partial charge in [-0.25, -0.2) is 0 Å². The Labute approximate surface area is 299 Å². The van der Waals surface area contributed by atoms with Crippen LogP contribution in [0.2, 0.25) is 0 Å². The molecule has 0 saturated heterocycles. The zero-order chi connectivity index (χ0) is 34.1. The molecule has 0 bridgehead atoms. The Morgan fingerprint density at radius 3 is 1.51 bits per heavy atom. The van der Waals surface area contributed by atoms with Crippen molar-refractivity contribution in [2.24, 2.45) is 0 Å². The van der Waals surface area contributed by atoms with Crippen LogP contribution < -0.4 is 0 Å². The first kappa shape index (κ1) is 29.7. The van der Waals surface area contributed by atoms with E-state index in [2.05, 4.69) is 196 Å². The molecule has 240 valence electrons. The quantitative estimate of drug-likeness (QED) is 0.167. The predicted molar refractivity (Wildman–Crippen MR) is 218 cm³/mol. The van der Waals surface area contributed by atoms with Crippen LogP contribution in [-0.2, 0) is 5.41 Å². The van der Waals surface area contributed by atoms with Gasteiger partial charge in [-0.15, -0.1) is 0 Å². The highest BCUT2D eigenvalue weighted by Gasteiger charge is 2.35. The Balaban J connectivity index is 1.15. The summed E-state index contributed by atoms with van der Waals surface area (Å²) in [7, 11) is 0. The maximum Gasteiger partial charge on any atom is 0.0159 e. The fraction of sp³-hybridized carbons (Fsp3) is 0.0588. The molecule has 0 heterocycles. The number of benzene rings is 9. The average molecular weight is 649 g/mol. The van der Waals surface area contributed by atoms with E-state index in [0.29, 0.717) is 0 Å². The van der Waals surface area contributed by atoms with Crippen LogP contribution >= 0.6 is 0 Å². The monoisotopic (exact) mass is 648 g/mol. The molecule has 0 heteroatoms. The van der Waals surface area contributed by atoms with Gasteiger partial charge in [0, 0.05) is 5.41 Å². The molecule has 0 nitrogen and oxygen atoms in total. The standard InChI is InChI=1S/C51H36/c1-51(2)47-23-13-12-18-40(47)41-29-28-36(32-48(41)51)34-24-26-35(27-25-34)49-42-19-8-10-21-44(42)50(45-22-11-9-20-43(45)49)46-31-38(33-14-4-3-5-15-33)30-37-16-6-7-17-39(37)46/h3-32H,1-2H3. The minimum atomic E-state index is -0.0204. The highest BCUT2D eigenvalue weighted by molar-refractivity contribution is 6.23. The Kier molecular flexibility index (Phi) is 6.63. The Morgan fingerprint density at radius 1 is 0.294 bits per heavy atom. The van der Waals surface area contributed by atoms with Gasteiger partial charge in [0.2, 0.25) is 0 Å². The van der Waals surface area contributed by atoms with E-state index in [1.807, 2.05) is 0 Å². The second kappa shape index (κ2) is 11.4. The molecule has 1 aliphatic rings. The molecule has 9 aromatic carbocycles. The van der Waals surface area contributed by atoms with Gasteiger partial charge in [0.05, 0.1) is 0 Å². The van der Waals surface area contributed by atoms with E-state index in [1.165, 1.54) is 99.1 Å². The minimum absolute atomic E-state index is 0.0204. The Hall–Kier alpha value is -6.24. The summed E-state index contributed by atoms with van der Waals surface area (Å²) in [6, 6.07) is 67.4. The summed E-state index contributed by atoms with van der Waals surface area (Å²) >= 11 is 0. The number of fused-ring (bicyclic) bond motifs is 6. The van der Waals surface area contributed by atoms with Crippen molar-refractivity contribution in [2.75, 3.05) is 0 Å². The highest BCUT2D eigenvalue weighted by atomic mass is 14.4. The third kappa shape index (κ3) is 4.60. The SMILES string of the molecule is CC1(C)c2ccccc2-c2ccc(-c3ccc(-c4c5ccccc5c(-c5cc(-c6ccccc6)cc6ccccc56)c5ccccc45)cc3)cc21. The molecule has 0 spiro atoms. The third-order valence-corrected chi connectivity index (χ3v) is 11.3. The fourth-order valence-electron chi connectivity index (χ4n) is 8.76. The van der Waals surface area contributed by atoms with Crippen molar-refractivity contribution < 1.29 is 0 Å². The van der Waals surface area contributed by atoms with Gasteiger partial charge in [0.15, 0.2) is 0 Å². The van der Waals surface area contributed by atoms with Crippen molar-refractivity contribution in [3.05, 3.63) is 193 Å². The van der Waals surface area contributed by atoms with E-state index in [1.54, 1.807) is 0 Å². The van der Waals surface area contributed by atoms with Gasteiger partial charge < -0.3 is 0 Å². The molecular weight excluding hydrogens is 613 g/mol. The van der Waals surface area contributed by atoms with Crippen LogP contribution in [0.3, 0.4) is 0 Å². The number of hydrogen-bond donors (Lipinski definition) is 0. The maximum atomic E-state index is 2.41. The summed E-state index contributed by atoms with van der Waals surface area (Å²) in [4.78, 5) is 0. The summed E-state index contributed by atoms with van der Waals surface area (Å²) in [5, 5.41) is 7.60. The Bertz CT molecular complexity index is 2740. The van der Waals surface area contributed by atoms with Crippen LogP contribution in [-0.4, -0.2) is 0 Å². The smallest absolute Gasteiger partial charge is 0.0159 e. The largest absolute Gasteiger partial charge is 0.0622 e. The van der Waals surface area contributed by atoms with Crippen molar-refractivity contribution in [2.45, 2.75) is 19.3 Å². The van der Waals surface area contributed by atoms with E-state index in [4.69, 9.17) is 0 Å². The molecule has 1 aliphatic carbocycles. The van der Waals surface area contributed by atoms with Crippen LogP contribution in [0.5, 0.6) is 0 Å². The average Bonchev–Trinajstić information content (AvgIpc) is 3.42. The number of hydrogen-bond acceptors (Lipinski definition) is 0. The van der Waals surface area contributed by atoms with Gasteiger partial charge >= 0.3 is 0 Å². The summed E-state index contributed by atoms with van der Waals surface area (Å²) in [5.74, 6) is 0. The zero-order valence-electron chi connectivity index (χ0n) is 28.8. The molecule has 0 N–H and O–H groups in total. The second-order valence-electron chi connectivity index (χ2n) is 14.5. The van der Waals surface area contributed by atoms with Crippen LogP contribution in [0.15, 0.2) is 182 Å². The summed E-state index contributed by atoms with van der Waals surface area (Å²) in [5.41, 5.74) is 15.5. The first-order valence-corrected chi connectivity index (χ1v) is 17.9. The van der Waals surface area contributed by atoms with E-state index in [9.17, 15) is 0 Å². The molecule has 0 amide bonds. The Morgan fingerprint density at radius 2 is 0.804 bits per heavy atom. The summed E-state index contributed by atoms with van der Waals surface area (Å²) in [6.45, 7) is 4.70. The van der Waals surface area contributed by atoms with Crippen molar-refractivity contribution in [1.82, 2.24) is 0 Å². The van der Waals surface area contributed by atoms with E-state index >= 15 is 0 Å². The molecule has 0 radical (unpaired) electrons. The molecule has 0 atom stereocenters. The summed E-state index contributed by atoms with van der Waals surface area (Å²) < 4.78 is 0. The molecule has 0 aromatic heterocycles. The minimum Gasteiger partial charge on any atom is -0.0622 e. The van der Waals surface area contributed by atoms with E-state index < -0.39 is 0 Å². The molecule has 0 saturated carbocycles. The third-order valence-electron chi connectivity index (χ3n) is 11.3. The van der Waals surface area contributed by atoms with Gasteiger partial charge in [-0.3, -0.25) is 0 Å². The maximum absolute atomic E-state index is 2.41. The molecule has 10 rings (SSSR count). The lowest BCUT2D eigenvalue weighted by Crippen LogP contribution is -2.14. The van der Waals surface area contributed by atoms with Gasteiger partial charge in [0.25, 0.3) is 0 Å². The lowest BCUT2D eigenvalue weighted by atomic mass is 9.81. The van der Waals surface area contributed by atoms with Crippen molar-refractivity contribution in [3.63, 3.8) is 0 Å². The molecule has 51 heavy (non-hydrogen) atoms. The normalized spacial score (nSPS) is 13.1. The van der Waals surface area contributed by atoms with E-state index in [-0.39, 0.29) is 5.41 Å². The lowest BCUT2D eigenvalue weighted by Gasteiger charge is -2.22. The first-order chi connectivity index (χ1) is 25.1. The molecule has 0 aliphatic heterocycles. The van der Waals surface area contributed by atoms with Crippen LogP contribution in [0.25, 0.3) is 88.0 Å². The molecular formula is C51H36. The van der Waals surface area contributed by atoms with Crippen LogP contribution in [0.4, 0.5) is 0 Å². The van der Waals surface area contributed by atoms with Crippen molar-refractivity contribution in [1.29, 1.82) is 0 Å². The van der Waals surface area contributed by atoms with E-state index in [0.717, 1.165) is 0 Å². The van der Waals surface area contributed by atoms with Crippen LogP contribution in [0, 0.1) is 0 Å². The number of rotatable bonds is 4. The molecule has 9 aromatic rings. The second-order valence-corrected chi connectivity index (χ2v) is 14.5.